The number of aliphatic hydroxyl groups is 4. The van der Waals surface area contributed by atoms with Crippen LogP contribution in [0.2, 0.25) is 0 Å². The number of likely N-dealkylation sites (N-methyl/N-ethyl adjacent to an activating group) is 1. The predicted octanol–water partition coefficient (Wildman–Crippen LogP) is 2.62. The summed E-state index contributed by atoms with van der Waals surface area (Å²) in [5, 5.41) is 45.2. The summed E-state index contributed by atoms with van der Waals surface area (Å²) >= 11 is 0. The molecular formula is C37H67NO12. The zero-order valence-corrected chi connectivity index (χ0v) is 32.6. The molecular weight excluding hydrogens is 650 g/mol. The van der Waals surface area contributed by atoms with Crippen molar-refractivity contribution in [1.82, 2.24) is 4.90 Å². The fourth-order valence-electron chi connectivity index (χ4n) is 9.20. The number of hydrogen-bond acceptors (Lipinski definition) is 13. The molecule has 0 spiro atoms. The van der Waals surface area contributed by atoms with Gasteiger partial charge in [-0.1, -0.05) is 27.7 Å². The normalized spacial score (nSPS) is 49.6. The SMILES string of the molecule is CC[C@@H](O)[C@@](C)(O)[C@@H]1OC(=O)[C@H](C)[C@@H](O[C@H]2CC(C)(OC)[C@@H](O)C(C)O2)[C@H](C)[C@@H](O[C@@H]2OC(C)CC(N(C)C)C2O)[C@]2(C)CC(C)C(O2)[C@@H]1C. The van der Waals surface area contributed by atoms with Crippen molar-refractivity contribution in [2.75, 3.05) is 21.2 Å². The molecule has 4 rings (SSSR count). The Balaban J connectivity index is 1.82. The van der Waals surface area contributed by atoms with Crippen molar-refractivity contribution in [2.45, 2.75) is 185 Å². The van der Waals surface area contributed by atoms with E-state index in [1.807, 2.05) is 46.7 Å². The second-order valence-electron chi connectivity index (χ2n) is 16.8. The van der Waals surface area contributed by atoms with Crippen LogP contribution < -0.4 is 0 Å². The van der Waals surface area contributed by atoms with Gasteiger partial charge in [0.25, 0.3) is 0 Å². The molecule has 0 aromatic carbocycles. The number of carbonyl (C=O) groups excluding carboxylic acids is 1. The number of fused-ring (bicyclic) bond motifs is 2. The van der Waals surface area contributed by atoms with Gasteiger partial charge in [0, 0.05) is 31.4 Å². The summed E-state index contributed by atoms with van der Waals surface area (Å²) in [6.07, 6.45) is -7.36. The molecule has 4 aliphatic rings. The number of cyclic esters (lactones) is 1. The smallest absolute Gasteiger partial charge is 0.311 e. The van der Waals surface area contributed by atoms with Crippen molar-refractivity contribution < 1.29 is 58.4 Å². The maximum Gasteiger partial charge on any atom is 0.311 e. The van der Waals surface area contributed by atoms with E-state index >= 15 is 0 Å². The Hall–Kier alpha value is -0.970. The number of rotatable bonds is 9. The number of ether oxygens (including phenoxy) is 7. The van der Waals surface area contributed by atoms with Gasteiger partial charge in [0.1, 0.15) is 23.9 Å². The summed E-state index contributed by atoms with van der Waals surface area (Å²) < 4.78 is 45.1. The summed E-state index contributed by atoms with van der Waals surface area (Å²) in [4.78, 5) is 16.3. The van der Waals surface area contributed by atoms with E-state index in [1.165, 1.54) is 14.0 Å². The Bertz CT molecular complexity index is 1140. The first-order valence-corrected chi connectivity index (χ1v) is 18.6. The molecule has 2 bridgehead atoms. The zero-order chi connectivity index (χ0) is 37.7. The van der Waals surface area contributed by atoms with Crippen molar-refractivity contribution in [2.24, 2.45) is 23.7 Å². The standard InChI is InChI=1S/C37H67NO12/c1-14-25(39)37(10,43)32-20(4)28-18(2)16-36(9,50-28)31(49-34-27(40)24(38(11)12)15-19(3)45-34)21(5)29(22(6)33(42)48-32)47-26-17-35(8,44-13)30(41)23(7)46-26/h18-32,34,39-41,43H,14-17H2,1-13H3/t18?,19?,20-,21-,22+,23?,24?,25+,26-,27?,28?,29-,30-,31+,32+,34-,35?,36-,37+/m0/s1. The molecule has 13 nitrogen and oxygen atoms in total. The molecule has 13 heteroatoms. The minimum absolute atomic E-state index is 0.0580. The van der Waals surface area contributed by atoms with Crippen LogP contribution in [0.1, 0.15) is 94.9 Å². The largest absolute Gasteiger partial charge is 0.459 e. The minimum atomic E-state index is -1.78. The molecule has 4 fully saturated rings. The third kappa shape index (κ3) is 8.08. The number of carbonyl (C=O) groups is 1. The van der Waals surface area contributed by atoms with Crippen LogP contribution in [0.4, 0.5) is 0 Å². The molecule has 0 aliphatic carbocycles. The maximum atomic E-state index is 14.3. The number of methoxy groups -OCH3 is 1. The summed E-state index contributed by atoms with van der Waals surface area (Å²) in [7, 11) is 5.37. The van der Waals surface area contributed by atoms with E-state index < -0.39 is 102 Å². The summed E-state index contributed by atoms with van der Waals surface area (Å²) in [5.74, 6) is -2.67. The highest BCUT2D eigenvalue weighted by Crippen LogP contribution is 2.48. The lowest BCUT2D eigenvalue weighted by Crippen LogP contribution is -2.60. The first kappa shape index (κ1) is 41.8. The van der Waals surface area contributed by atoms with Gasteiger partial charge in [-0.25, -0.2) is 0 Å². The van der Waals surface area contributed by atoms with Gasteiger partial charge in [-0.15, -0.1) is 0 Å². The summed E-state index contributed by atoms with van der Waals surface area (Å²) in [6, 6.07) is -0.213. The fraction of sp³-hybridized carbons (Fsp3) is 0.973. The summed E-state index contributed by atoms with van der Waals surface area (Å²) in [5.41, 5.74) is -3.72. The number of nitrogens with zero attached hydrogens (tertiary/aromatic N) is 1. The zero-order valence-electron chi connectivity index (χ0n) is 32.6. The molecule has 4 aliphatic heterocycles. The van der Waals surface area contributed by atoms with Crippen molar-refractivity contribution in [3.8, 4) is 0 Å². The number of esters is 1. The Morgan fingerprint density at radius 2 is 1.66 bits per heavy atom. The number of aliphatic hydroxyl groups excluding tert-OH is 3. The topological polar surface area (TPSA) is 166 Å². The second kappa shape index (κ2) is 15.8. The first-order valence-electron chi connectivity index (χ1n) is 18.6. The fourth-order valence-corrected chi connectivity index (χ4v) is 9.20. The van der Waals surface area contributed by atoms with Gasteiger partial charge in [-0.2, -0.15) is 0 Å². The van der Waals surface area contributed by atoms with E-state index in [0.717, 1.165) is 0 Å². The third-order valence-corrected chi connectivity index (χ3v) is 12.4. The molecule has 292 valence electrons. The molecule has 19 atom stereocenters. The van der Waals surface area contributed by atoms with E-state index in [2.05, 4.69) is 6.92 Å². The van der Waals surface area contributed by atoms with Gasteiger partial charge in [0.15, 0.2) is 12.6 Å². The quantitative estimate of drug-likeness (QED) is 0.258. The Kier molecular flexibility index (Phi) is 13.2. The second-order valence-corrected chi connectivity index (χ2v) is 16.8. The van der Waals surface area contributed by atoms with Crippen molar-refractivity contribution >= 4 is 5.97 Å². The van der Waals surface area contributed by atoms with E-state index in [4.69, 9.17) is 33.2 Å². The van der Waals surface area contributed by atoms with Crippen LogP contribution >= 0.6 is 0 Å². The van der Waals surface area contributed by atoms with Crippen LogP contribution in [0.25, 0.3) is 0 Å². The van der Waals surface area contributed by atoms with Crippen molar-refractivity contribution in [1.29, 1.82) is 0 Å². The van der Waals surface area contributed by atoms with Crippen LogP contribution in [0.15, 0.2) is 0 Å². The van der Waals surface area contributed by atoms with Crippen molar-refractivity contribution in [3.05, 3.63) is 0 Å². The van der Waals surface area contributed by atoms with Gasteiger partial charge in [0.05, 0.1) is 53.7 Å². The van der Waals surface area contributed by atoms with Crippen LogP contribution in [0.5, 0.6) is 0 Å². The van der Waals surface area contributed by atoms with Crippen LogP contribution in [0, 0.1) is 23.7 Å². The lowest BCUT2D eigenvalue weighted by atomic mass is 9.76. The lowest BCUT2D eigenvalue weighted by Gasteiger charge is -2.48. The minimum Gasteiger partial charge on any atom is -0.459 e. The molecule has 0 saturated carbocycles. The molecule has 0 radical (unpaired) electrons. The Morgan fingerprint density at radius 1 is 1.02 bits per heavy atom. The molecule has 0 aromatic rings. The Labute approximate surface area is 299 Å². The molecule has 4 heterocycles. The van der Waals surface area contributed by atoms with Crippen LogP contribution in [0.3, 0.4) is 0 Å². The third-order valence-electron chi connectivity index (χ3n) is 12.4. The first-order chi connectivity index (χ1) is 23.1. The van der Waals surface area contributed by atoms with Gasteiger partial charge in [0.2, 0.25) is 0 Å². The molecule has 0 aromatic heterocycles. The van der Waals surface area contributed by atoms with E-state index in [-0.39, 0.29) is 30.9 Å². The van der Waals surface area contributed by atoms with Gasteiger partial charge in [-0.3, -0.25) is 4.79 Å². The highest BCUT2D eigenvalue weighted by molar-refractivity contribution is 5.73. The van der Waals surface area contributed by atoms with E-state index in [1.54, 1.807) is 27.7 Å². The summed E-state index contributed by atoms with van der Waals surface area (Å²) in [6.45, 7) is 18.3. The van der Waals surface area contributed by atoms with Crippen LogP contribution in [-0.2, 0) is 38.0 Å². The predicted molar refractivity (Wildman–Crippen MR) is 184 cm³/mol. The Morgan fingerprint density at radius 3 is 2.24 bits per heavy atom. The van der Waals surface area contributed by atoms with E-state index in [0.29, 0.717) is 12.8 Å². The molecule has 0 amide bonds. The monoisotopic (exact) mass is 717 g/mol. The average molecular weight is 718 g/mol. The van der Waals surface area contributed by atoms with Gasteiger partial charge >= 0.3 is 5.97 Å². The maximum absolute atomic E-state index is 14.3. The van der Waals surface area contributed by atoms with Crippen LogP contribution in [-0.4, -0.2) is 143 Å². The molecule has 7 unspecified atom stereocenters. The molecule has 4 saturated heterocycles. The molecule has 4 N–H and O–H groups in total. The molecule has 50 heavy (non-hydrogen) atoms. The van der Waals surface area contributed by atoms with Crippen molar-refractivity contribution in [3.63, 3.8) is 0 Å². The highest BCUT2D eigenvalue weighted by Gasteiger charge is 2.59. The average Bonchev–Trinajstić information content (AvgIpc) is 3.36. The highest BCUT2D eigenvalue weighted by atomic mass is 16.7. The van der Waals surface area contributed by atoms with Gasteiger partial charge in [-0.05, 0) is 80.8 Å². The number of hydrogen-bond donors (Lipinski definition) is 4. The lowest BCUT2D eigenvalue weighted by molar-refractivity contribution is -0.318. The van der Waals surface area contributed by atoms with E-state index in [9.17, 15) is 25.2 Å². The van der Waals surface area contributed by atoms with Gasteiger partial charge < -0.3 is 58.5 Å².